The lowest BCUT2D eigenvalue weighted by molar-refractivity contribution is -0.121. The smallest absolute Gasteiger partial charge is 0.262 e. The van der Waals surface area contributed by atoms with Crippen LogP contribution >= 0.6 is 23.4 Å². The largest absolute Gasteiger partial charge is 0.497 e. The Balaban J connectivity index is 1.34. The molecule has 0 fully saturated rings. The predicted octanol–water partition coefficient (Wildman–Crippen LogP) is 5.54. The van der Waals surface area contributed by atoms with Crippen LogP contribution in [0.5, 0.6) is 11.5 Å². The van der Waals surface area contributed by atoms with Gasteiger partial charge >= 0.3 is 0 Å². The van der Waals surface area contributed by atoms with Gasteiger partial charge in [0.1, 0.15) is 16.7 Å². The third-order valence-corrected chi connectivity index (χ3v) is 7.59. The number of hydrogen-bond donors (Lipinski definition) is 1. The Hall–Kier alpha value is -3.82. The molecule has 194 valence electrons. The Kier molecular flexibility index (Phi) is 7.67. The molecule has 0 aliphatic carbocycles. The molecule has 0 spiro atoms. The number of amidine groups is 1. The van der Waals surface area contributed by atoms with E-state index in [4.69, 9.17) is 26.2 Å². The highest BCUT2D eigenvalue weighted by Crippen LogP contribution is 2.39. The molecule has 0 saturated carbocycles. The van der Waals surface area contributed by atoms with Crippen molar-refractivity contribution in [1.29, 1.82) is 0 Å². The maximum atomic E-state index is 12.8. The molecule has 2 aliphatic rings. The van der Waals surface area contributed by atoms with Gasteiger partial charge in [-0.1, -0.05) is 41.6 Å². The van der Waals surface area contributed by atoms with E-state index in [-0.39, 0.29) is 24.3 Å². The summed E-state index contributed by atoms with van der Waals surface area (Å²) in [6, 6.07) is 22.1. The van der Waals surface area contributed by atoms with E-state index in [9.17, 15) is 9.59 Å². The highest BCUT2D eigenvalue weighted by molar-refractivity contribution is 8.15. The van der Waals surface area contributed by atoms with E-state index in [1.165, 1.54) is 11.8 Å². The van der Waals surface area contributed by atoms with Gasteiger partial charge in [-0.15, -0.1) is 0 Å². The van der Waals surface area contributed by atoms with Crippen molar-refractivity contribution in [2.75, 3.05) is 19.5 Å². The number of nitrogens with zero attached hydrogens (tertiary/aromatic N) is 3. The zero-order valence-corrected chi connectivity index (χ0v) is 22.3. The molecular formula is C28H25ClN4O4S. The second-order valence-corrected chi connectivity index (χ2v) is 10.3. The second kappa shape index (κ2) is 11.3. The summed E-state index contributed by atoms with van der Waals surface area (Å²) in [6.07, 6.45) is 0.583. The Morgan fingerprint density at radius 3 is 2.55 bits per heavy atom. The molecule has 0 saturated heterocycles. The van der Waals surface area contributed by atoms with Gasteiger partial charge in [0, 0.05) is 29.6 Å². The van der Waals surface area contributed by atoms with Crippen molar-refractivity contribution >= 4 is 51.7 Å². The van der Waals surface area contributed by atoms with Crippen molar-refractivity contribution in [2.45, 2.75) is 24.1 Å². The van der Waals surface area contributed by atoms with Crippen LogP contribution in [-0.2, 0) is 9.59 Å². The van der Waals surface area contributed by atoms with Crippen molar-refractivity contribution in [1.82, 2.24) is 5.01 Å². The topological polar surface area (TPSA) is 92.6 Å². The predicted molar refractivity (Wildman–Crippen MR) is 150 cm³/mol. The Bertz CT molecular complexity index is 1430. The minimum Gasteiger partial charge on any atom is -0.497 e. The molecule has 0 radical (unpaired) electrons. The number of carbonyl (C=O) groups excluding carboxylic acids is 2. The number of halogens is 1. The molecule has 10 heteroatoms. The van der Waals surface area contributed by atoms with E-state index in [2.05, 4.69) is 10.3 Å². The molecule has 3 aromatic rings. The third-order valence-electron chi connectivity index (χ3n) is 6.22. The Morgan fingerprint density at radius 1 is 1.05 bits per heavy atom. The lowest BCUT2D eigenvalue weighted by Crippen LogP contribution is -2.25. The van der Waals surface area contributed by atoms with Gasteiger partial charge in [0.05, 0.1) is 26.0 Å². The van der Waals surface area contributed by atoms with E-state index >= 15 is 0 Å². The first-order valence-corrected chi connectivity index (χ1v) is 13.2. The first kappa shape index (κ1) is 25.8. The van der Waals surface area contributed by atoms with Gasteiger partial charge in [-0.25, -0.2) is 5.01 Å². The Labute approximate surface area is 229 Å². The van der Waals surface area contributed by atoms with Crippen LogP contribution in [0.2, 0.25) is 5.02 Å². The van der Waals surface area contributed by atoms with Crippen molar-refractivity contribution in [3.63, 3.8) is 0 Å². The molecule has 0 unspecified atom stereocenters. The molecule has 0 aromatic heterocycles. The number of thioether (sulfide) groups is 1. The number of amides is 2. The standard InChI is InChI=1S/C28H25ClN4O4S/c1-36-21-11-9-17(10-12-21)23-15-24(18-5-3-6-19(29)13-18)33(32-23)28-31-27(35)25(38-28)16-26(34)30-20-7-4-8-22(14-20)37-2/h3-14,24-25H,15-16H2,1-2H3,(H,30,34)/t24-,25-/m0/s1. The highest BCUT2D eigenvalue weighted by Gasteiger charge is 2.39. The number of carbonyl (C=O) groups is 2. The quantitative estimate of drug-likeness (QED) is 0.417. The maximum absolute atomic E-state index is 12.8. The number of anilines is 1. The van der Waals surface area contributed by atoms with Gasteiger partial charge < -0.3 is 14.8 Å². The van der Waals surface area contributed by atoms with Crippen LogP contribution in [0.15, 0.2) is 82.9 Å². The number of hydrazone groups is 1. The highest BCUT2D eigenvalue weighted by atomic mass is 35.5. The average Bonchev–Trinajstić information content (AvgIpc) is 3.53. The van der Waals surface area contributed by atoms with Crippen LogP contribution in [0.4, 0.5) is 5.69 Å². The normalized spacial score (nSPS) is 18.7. The second-order valence-electron chi connectivity index (χ2n) is 8.72. The van der Waals surface area contributed by atoms with E-state index in [1.807, 2.05) is 48.5 Å². The fraction of sp³-hybridized carbons (Fsp3) is 0.214. The Morgan fingerprint density at radius 2 is 1.82 bits per heavy atom. The van der Waals surface area contributed by atoms with Gasteiger partial charge in [0.15, 0.2) is 5.17 Å². The fourth-order valence-corrected chi connectivity index (χ4v) is 5.56. The zero-order chi connectivity index (χ0) is 26.6. The summed E-state index contributed by atoms with van der Waals surface area (Å²) < 4.78 is 10.5. The SMILES string of the molecule is COc1ccc(C2=NN(C3=NC(=O)[C@H](CC(=O)Nc4cccc(OC)c4)S3)[C@H](c3cccc(Cl)c3)C2)cc1. The van der Waals surface area contributed by atoms with Crippen LogP contribution in [0.1, 0.15) is 30.0 Å². The number of aliphatic imine (C=N–C) groups is 1. The van der Waals surface area contributed by atoms with Crippen LogP contribution < -0.4 is 14.8 Å². The minimum atomic E-state index is -0.643. The van der Waals surface area contributed by atoms with E-state index < -0.39 is 5.25 Å². The summed E-state index contributed by atoms with van der Waals surface area (Å²) in [4.78, 5) is 29.9. The van der Waals surface area contributed by atoms with Gasteiger partial charge in [0.2, 0.25) is 5.91 Å². The van der Waals surface area contributed by atoms with Crippen molar-refractivity contribution < 1.29 is 19.1 Å². The molecule has 1 N–H and O–H groups in total. The third kappa shape index (κ3) is 5.69. The molecular weight excluding hydrogens is 524 g/mol. The lowest BCUT2D eigenvalue weighted by Gasteiger charge is -2.23. The van der Waals surface area contributed by atoms with E-state index in [0.29, 0.717) is 28.0 Å². The molecule has 2 heterocycles. The molecule has 5 rings (SSSR count). The van der Waals surface area contributed by atoms with Gasteiger partial charge in [-0.2, -0.15) is 10.1 Å². The molecule has 2 aliphatic heterocycles. The fourth-order valence-electron chi connectivity index (χ4n) is 4.30. The number of nitrogens with one attached hydrogen (secondary N) is 1. The molecule has 8 nitrogen and oxygen atoms in total. The summed E-state index contributed by atoms with van der Waals surface area (Å²) in [5, 5.41) is 9.90. The average molecular weight is 549 g/mol. The number of methoxy groups -OCH3 is 2. The molecule has 3 aromatic carbocycles. The van der Waals surface area contributed by atoms with Crippen LogP contribution in [0.3, 0.4) is 0 Å². The maximum Gasteiger partial charge on any atom is 0.262 e. The van der Waals surface area contributed by atoms with Crippen LogP contribution in [0.25, 0.3) is 0 Å². The van der Waals surface area contributed by atoms with E-state index in [1.54, 1.807) is 43.5 Å². The number of hydrogen-bond acceptors (Lipinski definition) is 7. The number of benzene rings is 3. The first-order chi connectivity index (χ1) is 18.4. The van der Waals surface area contributed by atoms with Crippen molar-refractivity contribution in [3.05, 3.63) is 88.9 Å². The van der Waals surface area contributed by atoms with Gasteiger partial charge in [-0.05, 0) is 59.7 Å². The summed E-state index contributed by atoms with van der Waals surface area (Å²) in [5.41, 5.74) is 3.36. The monoisotopic (exact) mass is 548 g/mol. The summed E-state index contributed by atoms with van der Waals surface area (Å²) in [7, 11) is 3.18. The molecule has 2 amide bonds. The number of rotatable bonds is 7. The van der Waals surface area contributed by atoms with Gasteiger partial charge in [-0.3, -0.25) is 9.59 Å². The van der Waals surface area contributed by atoms with Gasteiger partial charge in [0.25, 0.3) is 5.91 Å². The molecule has 38 heavy (non-hydrogen) atoms. The van der Waals surface area contributed by atoms with E-state index in [0.717, 1.165) is 22.6 Å². The summed E-state index contributed by atoms with van der Waals surface area (Å²) >= 11 is 7.54. The zero-order valence-electron chi connectivity index (χ0n) is 20.8. The van der Waals surface area contributed by atoms with Crippen molar-refractivity contribution in [3.8, 4) is 11.5 Å². The summed E-state index contributed by atoms with van der Waals surface area (Å²) in [5.74, 6) is 0.748. The minimum absolute atomic E-state index is 0.0154. The molecule has 0 bridgehead atoms. The van der Waals surface area contributed by atoms with Crippen LogP contribution in [-0.4, -0.2) is 47.2 Å². The lowest BCUT2D eigenvalue weighted by atomic mass is 9.98. The van der Waals surface area contributed by atoms with Crippen molar-refractivity contribution in [2.24, 2.45) is 10.1 Å². The number of ether oxygens (including phenoxy) is 2. The first-order valence-electron chi connectivity index (χ1n) is 11.9. The molecule has 2 atom stereocenters. The summed E-state index contributed by atoms with van der Waals surface area (Å²) in [6.45, 7) is 0. The van der Waals surface area contributed by atoms with Crippen LogP contribution in [0, 0.1) is 0 Å².